The molecule has 168 valence electrons. The molecule has 4 rings (SSSR count). The van der Waals surface area contributed by atoms with Crippen molar-refractivity contribution in [1.29, 1.82) is 0 Å². The standard InChI is InChI=1S/C22H20F3N3O3S/c1-15(29)28-12-4-5-16-13-18(7-9-20(16)28)32(30,31)26-19-14-17(22(23,24)25)6-8-21(19)27-10-2-3-11-27/h2-3,6-11,13-14,26H,4-5,12H2,1H3. The van der Waals surface area contributed by atoms with Crippen LogP contribution in [0.1, 0.15) is 24.5 Å². The lowest BCUT2D eigenvalue weighted by atomic mass is 10.0. The summed E-state index contributed by atoms with van der Waals surface area (Å²) in [6.07, 6.45) is -0.127. The Labute approximate surface area is 183 Å². The molecule has 0 bridgehead atoms. The number of benzene rings is 2. The van der Waals surface area contributed by atoms with Crippen LogP contribution in [0.4, 0.5) is 24.5 Å². The second-order valence-electron chi connectivity index (χ2n) is 7.49. The predicted molar refractivity (Wildman–Crippen MR) is 114 cm³/mol. The molecule has 0 aliphatic carbocycles. The van der Waals surface area contributed by atoms with Crippen molar-refractivity contribution >= 4 is 27.3 Å². The van der Waals surface area contributed by atoms with Crippen LogP contribution in [-0.2, 0) is 27.4 Å². The molecule has 10 heteroatoms. The SMILES string of the molecule is CC(=O)N1CCCc2cc(S(=O)(=O)Nc3cc(C(F)(F)F)ccc3-n3cccc3)ccc21. The van der Waals surface area contributed by atoms with Gasteiger partial charge in [-0.25, -0.2) is 8.42 Å². The number of sulfonamides is 1. The summed E-state index contributed by atoms with van der Waals surface area (Å²) in [6.45, 7) is 1.99. The third-order valence-electron chi connectivity index (χ3n) is 5.31. The summed E-state index contributed by atoms with van der Waals surface area (Å²) >= 11 is 0. The second kappa shape index (κ2) is 8.01. The summed E-state index contributed by atoms with van der Waals surface area (Å²) in [5.41, 5.74) is 0.443. The van der Waals surface area contributed by atoms with Gasteiger partial charge in [-0.05, 0) is 66.9 Å². The maximum atomic E-state index is 13.3. The van der Waals surface area contributed by atoms with Gasteiger partial charge in [-0.3, -0.25) is 9.52 Å². The smallest absolute Gasteiger partial charge is 0.322 e. The van der Waals surface area contributed by atoms with Gasteiger partial charge >= 0.3 is 6.18 Å². The Hall–Kier alpha value is -3.27. The van der Waals surface area contributed by atoms with E-state index in [9.17, 15) is 26.4 Å². The van der Waals surface area contributed by atoms with E-state index in [1.807, 2.05) is 0 Å². The molecule has 0 radical (unpaired) electrons. The van der Waals surface area contributed by atoms with E-state index < -0.39 is 21.8 Å². The van der Waals surface area contributed by atoms with Gasteiger partial charge < -0.3 is 9.47 Å². The molecule has 2 aromatic carbocycles. The zero-order valence-corrected chi connectivity index (χ0v) is 17.9. The van der Waals surface area contributed by atoms with Crippen LogP contribution in [0.2, 0.25) is 0 Å². The highest BCUT2D eigenvalue weighted by atomic mass is 32.2. The lowest BCUT2D eigenvalue weighted by Gasteiger charge is -2.29. The van der Waals surface area contributed by atoms with Gasteiger partial charge in [0.25, 0.3) is 10.0 Å². The summed E-state index contributed by atoms with van der Waals surface area (Å²) in [4.78, 5) is 13.3. The zero-order valence-electron chi connectivity index (χ0n) is 17.1. The van der Waals surface area contributed by atoms with Crippen molar-refractivity contribution < 1.29 is 26.4 Å². The predicted octanol–water partition coefficient (Wildman–Crippen LogP) is 4.60. The van der Waals surface area contributed by atoms with Crippen LogP contribution in [0.5, 0.6) is 0 Å². The van der Waals surface area contributed by atoms with E-state index in [2.05, 4.69) is 4.72 Å². The largest absolute Gasteiger partial charge is 0.416 e. The van der Waals surface area contributed by atoms with E-state index >= 15 is 0 Å². The minimum atomic E-state index is -4.63. The van der Waals surface area contributed by atoms with Gasteiger partial charge in [-0.1, -0.05) is 0 Å². The highest BCUT2D eigenvalue weighted by Gasteiger charge is 2.32. The zero-order chi connectivity index (χ0) is 23.1. The van der Waals surface area contributed by atoms with Crippen LogP contribution < -0.4 is 9.62 Å². The number of aryl methyl sites for hydroxylation is 1. The number of fused-ring (bicyclic) bond motifs is 1. The maximum absolute atomic E-state index is 13.3. The lowest BCUT2D eigenvalue weighted by molar-refractivity contribution is -0.137. The molecule has 1 N–H and O–H groups in total. The molecule has 0 saturated heterocycles. The summed E-state index contributed by atoms with van der Waals surface area (Å²) < 4.78 is 69.9. The van der Waals surface area contributed by atoms with Gasteiger partial charge in [0.1, 0.15) is 0 Å². The van der Waals surface area contributed by atoms with Crippen LogP contribution in [0.25, 0.3) is 5.69 Å². The average molecular weight is 463 g/mol. The minimum Gasteiger partial charge on any atom is -0.322 e. The highest BCUT2D eigenvalue weighted by molar-refractivity contribution is 7.92. The highest BCUT2D eigenvalue weighted by Crippen LogP contribution is 2.35. The molecule has 6 nitrogen and oxygen atoms in total. The Morgan fingerprint density at radius 2 is 1.72 bits per heavy atom. The van der Waals surface area contributed by atoms with Crippen molar-refractivity contribution in [2.75, 3.05) is 16.2 Å². The number of hydrogen-bond acceptors (Lipinski definition) is 3. The molecule has 2 heterocycles. The van der Waals surface area contributed by atoms with Crippen LogP contribution in [0.3, 0.4) is 0 Å². The van der Waals surface area contributed by atoms with Gasteiger partial charge in [0.15, 0.2) is 0 Å². The summed E-state index contributed by atoms with van der Waals surface area (Å²) in [5.74, 6) is -0.139. The number of nitrogens with one attached hydrogen (secondary N) is 1. The number of halogens is 3. The Morgan fingerprint density at radius 3 is 2.38 bits per heavy atom. The number of anilines is 2. The van der Waals surface area contributed by atoms with E-state index in [-0.39, 0.29) is 22.2 Å². The number of carbonyl (C=O) groups is 1. The van der Waals surface area contributed by atoms with Crippen molar-refractivity contribution in [2.24, 2.45) is 0 Å². The van der Waals surface area contributed by atoms with E-state index in [0.29, 0.717) is 30.6 Å². The molecule has 1 aliphatic rings. The monoisotopic (exact) mass is 463 g/mol. The molecule has 0 spiro atoms. The summed E-state index contributed by atoms with van der Waals surface area (Å²) in [5, 5.41) is 0. The van der Waals surface area contributed by atoms with Gasteiger partial charge in [-0.15, -0.1) is 0 Å². The normalized spacial score (nSPS) is 14.2. The molecule has 0 saturated carbocycles. The number of rotatable bonds is 4. The Balaban J connectivity index is 1.74. The lowest BCUT2D eigenvalue weighted by Crippen LogP contribution is -2.33. The second-order valence-corrected chi connectivity index (χ2v) is 9.17. The fraction of sp³-hybridized carbons (Fsp3) is 0.227. The number of nitrogens with zero attached hydrogens (tertiary/aromatic N) is 2. The Kier molecular flexibility index (Phi) is 5.49. The number of amides is 1. The molecule has 1 aromatic heterocycles. The summed E-state index contributed by atoms with van der Waals surface area (Å²) in [7, 11) is -4.19. The molecule has 3 aromatic rings. The van der Waals surface area contributed by atoms with Crippen molar-refractivity contribution in [3.05, 3.63) is 72.1 Å². The van der Waals surface area contributed by atoms with Crippen molar-refractivity contribution in [3.8, 4) is 5.69 Å². The van der Waals surface area contributed by atoms with Gasteiger partial charge in [-0.2, -0.15) is 13.2 Å². The molecule has 0 unspecified atom stereocenters. The first-order valence-corrected chi connectivity index (χ1v) is 11.3. The average Bonchev–Trinajstić information content (AvgIpc) is 3.26. The minimum absolute atomic E-state index is 0.0856. The first kappa shape index (κ1) is 21.9. The molecule has 32 heavy (non-hydrogen) atoms. The number of hydrogen-bond donors (Lipinski definition) is 1. The van der Waals surface area contributed by atoms with E-state index in [4.69, 9.17) is 0 Å². The molecular formula is C22H20F3N3O3S. The van der Waals surface area contributed by atoms with Crippen molar-refractivity contribution in [1.82, 2.24) is 4.57 Å². The first-order chi connectivity index (χ1) is 15.1. The molecule has 1 amide bonds. The Bertz CT molecular complexity index is 1270. The van der Waals surface area contributed by atoms with Gasteiger partial charge in [0.05, 0.1) is 21.8 Å². The van der Waals surface area contributed by atoms with Crippen molar-refractivity contribution in [2.45, 2.75) is 30.8 Å². The summed E-state index contributed by atoms with van der Waals surface area (Å²) in [6, 6.07) is 10.6. The fourth-order valence-electron chi connectivity index (χ4n) is 3.79. The molecule has 0 fully saturated rings. The molecule has 1 aliphatic heterocycles. The maximum Gasteiger partial charge on any atom is 0.416 e. The molecular weight excluding hydrogens is 443 g/mol. The van der Waals surface area contributed by atoms with Crippen LogP contribution >= 0.6 is 0 Å². The van der Waals surface area contributed by atoms with Crippen molar-refractivity contribution in [3.63, 3.8) is 0 Å². The quantitative estimate of drug-likeness (QED) is 0.615. The number of alkyl halides is 3. The van der Waals surface area contributed by atoms with Gasteiger partial charge in [0.2, 0.25) is 5.91 Å². The van der Waals surface area contributed by atoms with E-state index in [1.54, 1.807) is 35.5 Å². The van der Waals surface area contributed by atoms with Crippen LogP contribution in [0.15, 0.2) is 65.8 Å². The Morgan fingerprint density at radius 1 is 1.03 bits per heavy atom. The molecule has 0 atom stereocenters. The first-order valence-electron chi connectivity index (χ1n) is 9.85. The third-order valence-corrected chi connectivity index (χ3v) is 6.67. The van der Waals surface area contributed by atoms with Crippen LogP contribution in [0, 0.1) is 0 Å². The topological polar surface area (TPSA) is 71.4 Å². The number of aromatic nitrogens is 1. The van der Waals surface area contributed by atoms with Crippen LogP contribution in [-0.4, -0.2) is 25.4 Å². The number of carbonyl (C=O) groups excluding carboxylic acids is 1. The van der Waals surface area contributed by atoms with E-state index in [1.165, 1.54) is 29.7 Å². The van der Waals surface area contributed by atoms with E-state index in [0.717, 1.165) is 12.1 Å². The fourth-order valence-corrected chi connectivity index (χ4v) is 4.90. The van der Waals surface area contributed by atoms with Gasteiger partial charge in [0, 0.05) is 31.5 Å². The third kappa shape index (κ3) is 4.22.